The quantitative estimate of drug-likeness (QED) is 0.151. The molecule has 0 bridgehead atoms. The van der Waals surface area contributed by atoms with E-state index in [1.54, 1.807) is 0 Å². The zero-order valence-electron chi connectivity index (χ0n) is 19.2. The first-order chi connectivity index (χ1) is 13.0. The maximum atomic E-state index is 6.22. The zero-order chi connectivity index (χ0) is 20.4. The van der Waals surface area contributed by atoms with E-state index >= 15 is 0 Å². The molecule has 164 valence electrons. The second-order valence-corrected chi connectivity index (χ2v) is 11.3. The average molecular weight is 424 g/mol. The molecule has 0 atom stereocenters. The van der Waals surface area contributed by atoms with Gasteiger partial charge in [0.1, 0.15) is 0 Å². The second kappa shape index (κ2) is 18.6. The molecule has 5 heteroatoms. The van der Waals surface area contributed by atoms with Gasteiger partial charge in [-0.2, -0.15) is 0 Å². The summed E-state index contributed by atoms with van der Waals surface area (Å²) < 4.78 is 24.8. The molecular formula is C22H48O4Ti. The van der Waals surface area contributed by atoms with Crippen molar-refractivity contribution in [2.75, 3.05) is 13.2 Å². The Morgan fingerprint density at radius 3 is 1.19 bits per heavy atom. The summed E-state index contributed by atoms with van der Waals surface area (Å²) in [6.07, 6.45) is 15.1. The molecule has 27 heavy (non-hydrogen) atoms. The normalized spacial score (nSPS) is 12.4. The Morgan fingerprint density at radius 2 is 0.852 bits per heavy atom. The molecule has 0 radical (unpaired) electrons. The van der Waals surface area contributed by atoms with E-state index in [-0.39, 0.29) is 12.2 Å². The number of rotatable bonds is 20. The van der Waals surface area contributed by atoms with Gasteiger partial charge in [0.15, 0.2) is 0 Å². The molecule has 0 fully saturated rings. The van der Waals surface area contributed by atoms with Crippen LogP contribution in [0.5, 0.6) is 0 Å². The Morgan fingerprint density at radius 1 is 0.519 bits per heavy atom. The summed E-state index contributed by atoms with van der Waals surface area (Å²) in [7, 11) is 0. The molecule has 0 saturated heterocycles. The second-order valence-electron chi connectivity index (χ2n) is 8.07. The van der Waals surface area contributed by atoms with E-state index in [1.165, 1.54) is 64.2 Å². The summed E-state index contributed by atoms with van der Waals surface area (Å²) in [6.45, 7) is 14.0. The molecule has 0 rings (SSSR count). The van der Waals surface area contributed by atoms with Gasteiger partial charge in [0, 0.05) is 0 Å². The van der Waals surface area contributed by atoms with E-state index in [4.69, 9.17) is 13.3 Å². The van der Waals surface area contributed by atoms with Crippen LogP contribution in [0.1, 0.15) is 119 Å². The topological polar surface area (TPSA) is 36.9 Å². The molecule has 0 unspecified atom stereocenters. The third kappa shape index (κ3) is 17.1. The van der Waals surface area contributed by atoms with Crippen molar-refractivity contribution in [1.29, 1.82) is 0 Å². The van der Waals surface area contributed by atoms with Crippen molar-refractivity contribution in [3.8, 4) is 0 Å². The van der Waals surface area contributed by atoms with Crippen molar-refractivity contribution in [2.45, 2.75) is 131 Å². The predicted octanol–water partition coefficient (Wildman–Crippen LogP) is 7.40. The summed E-state index contributed by atoms with van der Waals surface area (Å²) in [5, 5.41) is 0. The molecular weight excluding hydrogens is 376 g/mol. The number of hydrogen-bond acceptors (Lipinski definition) is 4. The van der Waals surface area contributed by atoms with Crippen LogP contribution in [0.15, 0.2) is 0 Å². The van der Waals surface area contributed by atoms with Gasteiger partial charge in [-0.15, -0.1) is 0 Å². The standard InChI is InChI=1S/2C8H17O.2C3H7O.Ti/c2*1-2-3-4-5-6-7-8-9;2*1-3(2)4;/h2*2-8H2,1H3;2*3H,1-2H3;/q4*-1;+4. The molecule has 0 amide bonds. The van der Waals surface area contributed by atoms with Gasteiger partial charge in [0.05, 0.1) is 0 Å². The average Bonchev–Trinajstić information content (AvgIpc) is 2.59. The summed E-state index contributed by atoms with van der Waals surface area (Å²) in [5.74, 6) is 0. The van der Waals surface area contributed by atoms with Crippen LogP contribution in [0.4, 0.5) is 0 Å². The summed E-state index contributed by atoms with van der Waals surface area (Å²) >= 11 is -3.67. The number of hydrogen-bond donors (Lipinski definition) is 0. The van der Waals surface area contributed by atoms with Gasteiger partial charge in [-0.05, 0) is 0 Å². The van der Waals surface area contributed by atoms with E-state index in [0.29, 0.717) is 13.2 Å². The minimum atomic E-state index is -3.67. The Labute approximate surface area is 175 Å². The Hall–Kier alpha value is 0.554. The molecule has 0 aromatic carbocycles. The van der Waals surface area contributed by atoms with Crippen LogP contribution in [-0.4, -0.2) is 25.4 Å². The van der Waals surface area contributed by atoms with Crippen LogP contribution in [0.2, 0.25) is 0 Å². The molecule has 4 nitrogen and oxygen atoms in total. The summed E-state index contributed by atoms with van der Waals surface area (Å²) in [4.78, 5) is 0. The summed E-state index contributed by atoms with van der Waals surface area (Å²) in [5.41, 5.74) is 0. The maximum absolute atomic E-state index is 6.22. The first kappa shape index (κ1) is 27.6. The van der Waals surface area contributed by atoms with Crippen LogP contribution in [-0.2, 0) is 31.4 Å². The molecule has 0 heterocycles. The Balaban J connectivity index is 4.40. The first-order valence-electron chi connectivity index (χ1n) is 11.6. The molecule has 0 aliphatic rings. The SMILES string of the molecule is CCCCCCCC[O][Ti]([O]CCCCCCCC)([O]C(C)C)[O]C(C)C. The van der Waals surface area contributed by atoms with Gasteiger partial charge in [-0.25, -0.2) is 0 Å². The van der Waals surface area contributed by atoms with Crippen LogP contribution in [0.3, 0.4) is 0 Å². The number of unbranched alkanes of at least 4 members (excludes halogenated alkanes) is 10. The predicted molar refractivity (Wildman–Crippen MR) is 111 cm³/mol. The van der Waals surface area contributed by atoms with Gasteiger partial charge in [0.25, 0.3) is 0 Å². The van der Waals surface area contributed by atoms with E-state index in [9.17, 15) is 0 Å². The van der Waals surface area contributed by atoms with Crippen molar-refractivity contribution in [2.24, 2.45) is 0 Å². The minimum absolute atomic E-state index is 0.0536. The van der Waals surface area contributed by atoms with Gasteiger partial charge in [0.2, 0.25) is 0 Å². The molecule has 0 aromatic heterocycles. The summed E-state index contributed by atoms with van der Waals surface area (Å²) in [6, 6.07) is 0. The third-order valence-electron chi connectivity index (χ3n) is 4.31. The monoisotopic (exact) mass is 424 g/mol. The molecule has 0 aliphatic carbocycles. The van der Waals surface area contributed by atoms with E-state index in [1.807, 2.05) is 27.7 Å². The molecule has 0 aliphatic heterocycles. The van der Waals surface area contributed by atoms with Crippen LogP contribution < -0.4 is 0 Å². The van der Waals surface area contributed by atoms with Crippen LogP contribution in [0.25, 0.3) is 0 Å². The molecule has 0 N–H and O–H groups in total. The Kier molecular flexibility index (Phi) is 19.0. The fourth-order valence-corrected chi connectivity index (χ4v) is 6.62. The van der Waals surface area contributed by atoms with Crippen molar-refractivity contribution >= 4 is 0 Å². The van der Waals surface area contributed by atoms with Crippen molar-refractivity contribution in [1.82, 2.24) is 0 Å². The molecule has 0 aromatic rings. The van der Waals surface area contributed by atoms with Gasteiger partial charge < -0.3 is 0 Å². The first-order valence-corrected chi connectivity index (χ1v) is 14.1. The van der Waals surface area contributed by atoms with Gasteiger partial charge in [-0.3, -0.25) is 0 Å². The van der Waals surface area contributed by atoms with Crippen molar-refractivity contribution in [3.63, 3.8) is 0 Å². The van der Waals surface area contributed by atoms with Crippen molar-refractivity contribution < 1.29 is 31.4 Å². The van der Waals surface area contributed by atoms with Crippen LogP contribution in [0, 0.1) is 0 Å². The Bertz CT molecular complexity index is 281. The van der Waals surface area contributed by atoms with Crippen molar-refractivity contribution in [3.05, 3.63) is 0 Å². The fraction of sp³-hybridized carbons (Fsp3) is 1.00. The van der Waals surface area contributed by atoms with Crippen LogP contribution >= 0.6 is 0 Å². The fourth-order valence-electron chi connectivity index (χ4n) is 2.94. The van der Waals surface area contributed by atoms with Gasteiger partial charge in [-0.1, -0.05) is 0 Å². The molecule has 0 spiro atoms. The third-order valence-corrected chi connectivity index (χ3v) is 8.43. The van der Waals surface area contributed by atoms with E-state index < -0.39 is 18.1 Å². The van der Waals surface area contributed by atoms with E-state index in [2.05, 4.69) is 13.8 Å². The van der Waals surface area contributed by atoms with Gasteiger partial charge >= 0.3 is 175 Å². The zero-order valence-corrected chi connectivity index (χ0v) is 20.7. The van der Waals surface area contributed by atoms with E-state index in [0.717, 1.165) is 12.8 Å². The molecule has 0 saturated carbocycles.